The van der Waals surface area contributed by atoms with E-state index in [1.165, 1.54) is 30.6 Å². The predicted octanol–water partition coefficient (Wildman–Crippen LogP) is 3.93. The lowest BCUT2D eigenvalue weighted by Gasteiger charge is -2.19. The minimum Gasteiger partial charge on any atom is -0.483 e. The van der Waals surface area contributed by atoms with Gasteiger partial charge < -0.3 is 19.9 Å². The average molecular weight is 491 g/mol. The number of hydrogen-bond acceptors (Lipinski definition) is 8. The van der Waals surface area contributed by atoms with Gasteiger partial charge in [-0.05, 0) is 30.5 Å². The highest BCUT2D eigenvalue weighted by atomic mass is 32.2. The zero-order valence-electron chi connectivity index (χ0n) is 18.4. The molecule has 8 nitrogen and oxygen atoms in total. The van der Waals surface area contributed by atoms with Gasteiger partial charge in [0.2, 0.25) is 0 Å². The molecular formula is C23H24F2N4O4S. The third-order valence-electron chi connectivity index (χ3n) is 5.90. The first kappa shape index (κ1) is 22.9. The molecule has 0 radical (unpaired) electrons. The first-order valence-corrected chi connectivity index (χ1v) is 12.8. The third kappa shape index (κ3) is 4.68. The van der Waals surface area contributed by atoms with Crippen molar-refractivity contribution >= 4 is 37.8 Å². The van der Waals surface area contributed by atoms with Crippen LogP contribution in [0.3, 0.4) is 0 Å². The summed E-state index contributed by atoms with van der Waals surface area (Å²) in [6.45, 7) is 2.32. The van der Waals surface area contributed by atoms with Gasteiger partial charge >= 0.3 is 0 Å². The van der Waals surface area contributed by atoms with Gasteiger partial charge in [-0.25, -0.2) is 23.0 Å². The average Bonchev–Trinajstić information content (AvgIpc) is 3.34. The number of halogens is 2. The Bertz CT molecular complexity index is 1360. The Labute approximate surface area is 195 Å². The molecule has 2 fully saturated rings. The molecule has 5 rings (SSSR count). The van der Waals surface area contributed by atoms with Crippen LogP contribution in [0.15, 0.2) is 41.0 Å². The van der Waals surface area contributed by atoms with Crippen molar-refractivity contribution in [1.82, 2.24) is 9.97 Å². The lowest BCUT2D eigenvalue weighted by molar-refractivity contribution is 0.0736. The summed E-state index contributed by atoms with van der Waals surface area (Å²) >= 11 is 0. The highest BCUT2D eigenvalue weighted by molar-refractivity contribution is 7.94. The van der Waals surface area contributed by atoms with E-state index in [0.29, 0.717) is 23.1 Å². The molecule has 2 N–H and O–H groups in total. The molecule has 1 aromatic heterocycles. The summed E-state index contributed by atoms with van der Waals surface area (Å²) in [5.74, 6) is 0.430. The number of aliphatic hydroxyl groups is 1. The van der Waals surface area contributed by atoms with Gasteiger partial charge in [0.1, 0.15) is 35.6 Å². The van der Waals surface area contributed by atoms with Gasteiger partial charge in [-0.2, -0.15) is 4.36 Å². The van der Waals surface area contributed by atoms with E-state index in [1.807, 2.05) is 6.92 Å². The van der Waals surface area contributed by atoms with Crippen molar-refractivity contribution in [2.75, 3.05) is 30.0 Å². The van der Waals surface area contributed by atoms with E-state index in [9.17, 15) is 13.7 Å². The molecule has 3 heterocycles. The Kier molecular flexibility index (Phi) is 6.09. The van der Waals surface area contributed by atoms with Gasteiger partial charge in [-0.1, -0.05) is 6.92 Å². The Hall–Kier alpha value is -2.89. The van der Waals surface area contributed by atoms with Crippen LogP contribution in [-0.2, 0) is 14.5 Å². The predicted molar refractivity (Wildman–Crippen MR) is 124 cm³/mol. The maximum absolute atomic E-state index is 15.2. The fourth-order valence-corrected chi connectivity index (χ4v) is 6.82. The largest absolute Gasteiger partial charge is 0.483 e. The second kappa shape index (κ2) is 9.05. The molecule has 0 amide bonds. The summed E-state index contributed by atoms with van der Waals surface area (Å²) in [6, 6.07) is 6.64. The van der Waals surface area contributed by atoms with Crippen LogP contribution >= 0.6 is 0 Å². The van der Waals surface area contributed by atoms with E-state index in [2.05, 4.69) is 19.6 Å². The number of nitrogens with one attached hydrogen (secondary N) is 1. The lowest BCUT2D eigenvalue weighted by atomic mass is 10.2. The van der Waals surface area contributed by atoms with Crippen LogP contribution in [-0.4, -0.2) is 56.2 Å². The zero-order chi connectivity index (χ0) is 23.9. The number of aromatic nitrogens is 2. The molecular weight excluding hydrogens is 466 g/mol. The molecule has 2 aliphatic rings. The van der Waals surface area contributed by atoms with E-state index in [4.69, 9.17) is 9.47 Å². The third-order valence-corrected chi connectivity index (χ3v) is 8.40. The van der Waals surface area contributed by atoms with Crippen molar-refractivity contribution < 1.29 is 27.6 Å². The lowest BCUT2D eigenvalue weighted by Crippen LogP contribution is -2.30. The normalized spacial score (nSPS) is 26.6. The summed E-state index contributed by atoms with van der Waals surface area (Å²) in [7, 11) is -2.41. The molecule has 34 heavy (non-hydrogen) atoms. The Morgan fingerprint density at radius 3 is 2.82 bits per heavy atom. The van der Waals surface area contributed by atoms with Crippen molar-refractivity contribution in [3.63, 3.8) is 0 Å². The highest BCUT2D eigenvalue weighted by Crippen LogP contribution is 2.35. The molecule has 2 unspecified atom stereocenters. The molecule has 0 saturated carbocycles. The first-order valence-electron chi connectivity index (χ1n) is 11.0. The Morgan fingerprint density at radius 1 is 1.24 bits per heavy atom. The monoisotopic (exact) mass is 490 g/mol. The molecule has 4 atom stereocenters. The fraction of sp³-hybridized carbons (Fsp3) is 0.391. The van der Waals surface area contributed by atoms with Crippen LogP contribution in [0.2, 0.25) is 0 Å². The fourth-order valence-electron chi connectivity index (χ4n) is 4.17. The molecule has 3 aromatic rings. The van der Waals surface area contributed by atoms with Gasteiger partial charge in [0.05, 0.1) is 45.2 Å². The second-order valence-electron chi connectivity index (χ2n) is 8.70. The van der Waals surface area contributed by atoms with E-state index in [1.54, 1.807) is 6.07 Å². The van der Waals surface area contributed by atoms with Crippen LogP contribution < -0.4 is 10.1 Å². The van der Waals surface area contributed by atoms with Gasteiger partial charge in [0.15, 0.2) is 6.10 Å². The highest BCUT2D eigenvalue weighted by Gasteiger charge is 2.29. The topological polar surface area (TPSA) is 106 Å². The van der Waals surface area contributed by atoms with E-state index in [-0.39, 0.29) is 41.4 Å². The molecule has 2 aromatic carbocycles. The number of ether oxygens (including phenoxy) is 2. The molecule has 0 bridgehead atoms. The van der Waals surface area contributed by atoms with Crippen molar-refractivity contribution in [2.24, 2.45) is 10.3 Å². The summed E-state index contributed by atoms with van der Waals surface area (Å²) < 4.78 is 57.4. The van der Waals surface area contributed by atoms with Crippen LogP contribution in [0.4, 0.5) is 26.0 Å². The number of benzene rings is 2. The summed E-state index contributed by atoms with van der Waals surface area (Å²) in [6.07, 6.45) is 0.598. The minimum absolute atomic E-state index is 0.107. The number of fused-ring (bicyclic) bond motifs is 1. The van der Waals surface area contributed by atoms with Gasteiger partial charge in [-0.3, -0.25) is 0 Å². The van der Waals surface area contributed by atoms with Gasteiger partial charge in [-0.15, -0.1) is 0 Å². The van der Waals surface area contributed by atoms with Crippen LogP contribution in [0.25, 0.3) is 10.9 Å². The van der Waals surface area contributed by atoms with Crippen molar-refractivity contribution in [3.05, 3.63) is 48.3 Å². The quantitative estimate of drug-likeness (QED) is 0.558. The van der Waals surface area contributed by atoms with Crippen molar-refractivity contribution in [1.29, 1.82) is 0 Å². The number of nitrogens with zero attached hydrogens (tertiary/aromatic N) is 3. The van der Waals surface area contributed by atoms with E-state index >= 15 is 4.39 Å². The van der Waals surface area contributed by atoms with E-state index < -0.39 is 33.6 Å². The molecule has 2 aliphatic heterocycles. The molecule has 11 heteroatoms. The summed E-state index contributed by atoms with van der Waals surface area (Å²) in [4.78, 5) is 8.32. The number of anilines is 2. The first-order chi connectivity index (χ1) is 16.3. The molecule has 2 saturated heterocycles. The smallest absolute Gasteiger partial charge is 0.150 e. The van der Waals surface area contributed by atoms with Crippen LogP contribution in [0.5, 0.6) is 5.75 Å². The Balaban J connectivity index is 1.50. The van der Waals surface area contributed by atoms with Crippen LogP contribution in [0, 0.1) is 17.6 Å². The standard InChI is InChI=1S/C23H24F2N4O4S/c1-13-4-5-34(31,11-13)29-15-7-16(25)22-18(8-15)26-12-27-23(22)28-17-3-2-14(24)6-20(17)33-21-10-32-9-19(21)30/h2-3,6-8,12-13,19,21,30H,4-5,9-11H2,1H3,(H,26,27,28)/t13?,19-,21+,34?/m0/s1. The van der Waals surface area contributed by atoms with Crippen LogP contribution in [0.1, 0.15) is 13.3 Å². The van der Waals surface area contributed by atoms with E-state index in [0.717, 1.165) is 6.42 Å². The van der Waals surface area contributed by atoms with Crippen molar-refractivity contribution in [3.8, 4) is 5.75 Å². The zero-order valence-corrected chi connectivity index (χ0v) is 19.2. The Morgan fingerprint density at radius 2 is 2.09 bits per heavy atom. The molecule has 180 valence electrons. The number of aliphatic hydroxyl groups excluding tert-OH is 1. The van der Waals surface area contributed by atoms with Gasteiger partial charge in [0, 0.05) is 23.6 Å². The maximum Gasteiger partial charge on any atom is 0.150 e. The van der Waals surface area contributed by atoms with Gasteiger partial charge in [0.25, 0.3) is 0 Å². The maximum atomic E-state index is 15.2. The second-order valence-corrected chi connectivity index (χ2v) is 11.2. The minimum atomic E-state index is -2.41. The summed E-state index contributed by atoms with van der Waals surface area (Å²) in [5.41, 5.74) is 0.890. The molecule has 0 spiro atoms. The van der Waals surface area contributed by atoms with Crippen molar-refractivity contribution in [2.45, 2.75) is 25.6 Å². The molecule has 0 aliphatic carbocycles. The summed E-state index contributed by atoms with van der Waals surface area (Å²) in [5, 5.41) is 13.1. The number of hydrogen-bond donors (Lipinski definition) is 2. The number of rotatable bonds is 5. The SMILES string of the molecule is CC1CCS(=O)(=Nc2cc(F)c3c(Nc4ccc(F)cc4O[C@@H]4COC[C@@H]4O)ncnc3c2)C1.